The summed E-state index contributed by atoms with van der Waals surface area (Å²) in [6.07, 6.45) is 2.13. The summed E-state index contributed by atoms with van der Waals surface area (Å²) in [6.45, 7) is 0.893. The standard InChI is InChI=1S/C20H24BrNO3/c1-23-18-7-5-4-6-14(18)17-9-8-13(12-22-17)15-10-20(25-3)16(21)11-19(15)24-2/h4-7,10-11,13,17,22H,8-9,12H2,1-3H3/t13-,17+/m0/s1. The van der Waals surface area contributed by atoms with Crippen molar-refractivity contribution in [3.63, 3.8) is 0 Å². The number of ether oxygens (including phenoxy) is 3. The summed E-state index contributed by atoms with van der Waals surface area (Å²) in [6, 6.07) is 12.6. The second-order valence-corrected chi connectivity index (χ2v) is 7.06. The summed E-state index contributed by atoms with van der Waals surface area (Å²) in [4.78, 5) is 0. The minimum atomic E-state index is 0.315. The molecule has 2 atom stereocenters. The van der Waals surface area contributed by atoms with Gasteiger partial charge in [0.2, 0.25) is 0 Å². The van der Waals surface area contributed by atoms with Gasteiger partial charge in [0.15, 0.2) is 0 Å². The molecule has 0 unspecified atom stereocenters. The molecule has 1 fully saturated rings. The molecule has 1 aliphatic rings. The predicted molar refractivity (Wildman–Crippen MR) is 103 cm³/mol. The molecule has 2 aromatic carbocycles. The van der Waals surface area contributed by atoms with E-state index in [4.69, 9.17) is 14.2 Å². The van der Waals surface area contributed by atoms with Crippen molar-refractivity contribution in [2.45, 2.75) is 24.8 Å². The molecule has 134 valence electrons. The number of para-hydroxylation sites is 1. The van der Waals surface area contributed by atoms with E-state index in [0.717, 1.165) is 41.1 Å². The van der Waals surface area contributed by atoms with Crippen LogP contribution in [0.4, 0.5) is 0 Å². The SMILES string of the molecule is COc1cc([C@H]2CC[C@H](c3ccccc3OC)NC2)c(OC)cc1Br. The molecular weight excluding hydrogens is 382 g/mol. The van der Waals surface area contributed by atoms with Crippen LogP contribution in [0.25, 0.3) is 0 Å². The van der Waals surface area contributed by atoms with Crippen molar-refractivity contribution in [1.29, 1.82) is 0 Å². The van der Waals surface area contributed by atoms with Gasteiger partial charge < -0.3 is 19.5 Å². The minimum absolute atomic E-state index is 0.315. The van der Waals surface area contributed by atoms with Gasteiger partial charge in [-0.3, -0.25) is 0 Å². The van der Waals surface area contributed by atoms with E-state index in [9.17, 15) is 0 Å². The number of hydrogen-bond acceptors (Lipinski definition) is 4. The van der Waals surface area contributed by atoms with Crippen LogP contribution in [0.5, 0.6) is 17.2 Å². The highest BCUT2D eigenvalue weighted by atomic mass is 79.9. The second kappa shape index (κ2) is 8.11. The van der Waals surface area contributed by atoms with E-state index in [0.29, 0.717) is 12.0 Å². The summed E-state index contributed by atoms with van der Waals surface area (Å²) in [7, 11) is 5.13. The molecule has 3 rings (SSSR count). The zero-order valence-electron chi connectivity index (χ0n) is 14.8. The van der Waals surface area contributed by atoms with E-state index < -0.39 is 0 Å². The average molecular weight is 406 g/mol. The van der Waals surface area contributed by atoms with Crippen LogP contribution in [0.3, 0.4) is 0 Å². The molecule has 0 aromatic heterocycles. The number of halogens is 1. The fourth-order valence-electron chi connectivity index (χ4n) is 3.54. The molecule has 0 radical (unpaired) electrons. The fraction of sp³-hybridized carbons (Fsp3) is 0.400. The van der Waals surface area contributed by atoms with Crippen LogP contribution in [0.15, 0.2) is 40.9 Å². The molecule has 1 N–H and O–H groups in total. The van der Waals surface area contributed by atoms with Crippen LogP contribution in [0.1, 0.15) is 35.9 Å². The topological polar surface area (TPSA) is 39.7 Å². The molecule has 2 aromatic rings. The summed E-state index contributed by atoms with van der Waals surface area (Å²) in [5, 5.41) is 3.67. The Labute approximate surface area is 157 Å². The van der Waals surface area contributed by atoms with Crippen molar-refractivity contribution < 1.29 is 14.2 Å². The third-order valence-corrected chi connectivity index (χ3v) is 5.49. The van der Waals surface area contributed by atoms with Crippen molar-refractivity contribution >= 4 is 15.9 Å². The molecule has 25 heavy (non-hydrogen) atoms. The molecule has 0 aliphatic carbocycles. The number of benzene rings is 2. The molecule has 1 aliphatic heterocycles. The molecule has 1 saturated heterocycles. The first-order valence-corrected chi connectivity index (χ1v) is 9.25. The molecular formula is C20H24BrNO3. The Hall–Kier alpha value is -1.72. The second-order valence-electron chi connectivity index (χ2n) is 6.21. The van der Waals surface area contributed by atoms with Crippen LogP contribution in [0, 0.1) is 0 Å². The smallest absolute Gasteiger partial charge is 0.133 e. The van der Waals surface area contributed by atoms with Crippen LogP contribution in [-0.4, -0.2) is 27.9 Å². The fourth-order valence-corrected chi connectivity index (χ4v) is 4.03. The summed E-state index contributed by atoms with van der Waals surface area (Å²) < 4.78 is 17.5. The first kappa shape index (κ1) is 18.1. The van der Waals surface area contributed by atoms with E-state index in [2.05, 4.69) is 39.4 Å². The van der Waals surface area contributed by atoms with Gasteiger partial charge in [0.25, 0.3) is 0 Å². The van der Waals surface area contributed by atoms with E-state index in [1.54, 1.807) is 21.3 Å². The zero-order chi connectivity index (χ0) is 17.8. The molecule has 5 heteroatoms. The highest BCUT2D eigenvalue weighted by Gasteiger charge is 2.27. The maximum atomic E-state index is 5.59. The van der Waals surface area contributed by atoms with Crippen LogP contribution in [-0.2, 0) is 0 Å². The molecule has 1 heterocycles. The Morgan fingerprint density at radius 1 is 0.880 bits per heavy atom. The number of hydrogen-bond donors (Lipinski definition) is 1. The van der Waals surface area contributed by atoms with Gasteiger partial charge in [-0.2, -0.15) is 0 Å². The third kappa shape index (κ3) is 3.77. The maximum absolute atomic E-state index is 5.59. The van der Waals surface area contributed by atoms with Crippen molar-refractivity contribution in [3.05, 3.63) is 52.0 Å². The monoisotopic (exact) mass is 405 g/mol. The van der Waals surface area contributed by atoms with Gasteiger partial charge in [0.1, 0.15) is 17.2 Å². The van der Waals surface area contributed by atoms with Gasteiger partial charge >= 0.3 is 0 Å². The minimum Gasteiger partial charge on any atom is -0.496 e. The first-order valence-electron chi connectivity index (χ1n) is 8.45. The lowest BCUT2D eigenvalue weighted by Crippen LogP contribution is -2.32. The lowest BCUT2D eigenvalue weighted by atomic mass is 9.86. The third-order valence-electron chi connectivity index (χ3n) is 4.87. The lowest BCUT2D eigenvalue weighted by Gasteiger charge is -2.32. The molecule has 4 nitrogen and oxygen atoms in total. The van der Waals surface area contributed by atoms with Gasteiger partial charge in [-0.25, -0.2) is 0 Å². The van der Waals surface area contributed by atoms with E-state index in [-0.39, 0.29) is 0 Å². The highest BCUT2D eigenvalue weighted by Crippen LogP contribution is 2.41. The summed E-state index contributed by atoms with van der Waals surface area (Å²) in [5.74, 6) is 3.07. The number of piperidine rings is 1. The Bertz CT molecular complexity index is 727. The highest BCUT2D eigenvalue weighted by molar-refractivity contribution is 9.10. The number of methoxy groups -OCH3 is 3. The predicted octanol–water partition coefficient (Wildman–Crippen LogP) is 4.68. The van der Waals surface area contributed by atoms with Crippen molar-refractivity contribution in [2.75, 3.05) is 27.9 Å². The molecule has 0 saturated carbocycles. The Balaban J connectivity index is 1.78. The van der Waals surface area contributed by atoms with Crippen LogP contribution >= 0.6 is 15.9 Å². The van der Waals surface area contributed by atoms with Gasteiger partial charge in [-0.05, 0) is 47.0 Å². The van der Waals surface area contributed by atoms with Gasteiger partial charge in [0, 0.05) is 29.6 Å². The van der Waals surface area contributed by atoms with Crippen molar-refractivity contribution in [1.82, 2.24) is 5.32 Å². The van der Waals surface area contributed by atoms with Gasteiger partial charge in [0.05, 0.1) is 25.8 Å². The van der Waals surface area contributed by atoms with Gasteiger partial charge in [-0.15, -0.1) is 0 Å². The Morgan fingerprint density at radius 2 is 1.60 bits per heavy atom. The largest absolute Gasteiger partial charge is 0.496 e. The number of nitrogens with one attached hydrogen (secondary N) is 1. The number of rotatable bonds is 5. The average Bonchev–Trinajstić information content (AvgIpc) is 2.67. The molecule has 0 spiro atoms. The van der Waals surface area contributed by atoms with E-state index >= 15 is 0 Å². The summed E-state index contributed by atoms with van der Waals surface area (Å²) in [5.41, 5.74) is 2.41. The quantitative estimate of drug-likeness (QED) is 0.783. The van der Waals surface area contributed by atoms with E-state index in [1.807, 2.05) is 18.2 Å². The van der Waals surface area contributed by atoms with Crippen LogP contribution < -0.4 is 19.5 Å². The normalized spacial score (nSPS) is 20.2. The van der Waals surface area contributed by atoms with Crippen LogP contribution in [0.2, 0.25) is 0 Å². The Kier molecular flexibility index (Phi) is 5.86. The molecule has 0 amide bonds. The van der Waals surface area contributed by atoms with E-state index in [1.165, 1.54) is 11.1 Å². The van der Waals surface area contributed by atoms with Crippen molar-refractivity contribution in [2.24, 2.45) is 0 Å². The zero-order valence-corrected chi connectivity index (χ0v) is 16.4. The first-order chi connectivity index (χ1) is 12.2. The van der Waals surface area contributed by atoms with Gasteiger partial charge in [-0.1, -0.05) is 18.2 Å². The lowest BCUT2D eigenvalue weighted by molar-refractivity contribution is 0.341. The Morgan fingerprint density at radius 3 is 2.24 bits per heavy atom. The van der Waals surface area contributed by atoms with Crippen molar-refractivity contribution in [3.8, 4) is 17.2 Å². The maximum Gasteiger partial charge on any atom is 0.133 e. The molecule has 0 bridgehead atoms. The summed E-state index contributed by atoms with van der Waals surface area (Å²) >= 11 is 3.53.